The molecule has 2 heterocycles. The van der Waals surface area contributed by atoms with Gasteiger partial charge in [0, 0.05) is 33.6 Å². The fourth-order valence-electron chi connectivity index (χ4n) is 2.23. The van der Waals surface area contributed by atoms with Crippen molar-refractivity contribution in [1.82, 2.24) is 15.6 Å². The molecular weight excluding hydrogens is 415 g/mol. The van der Waals surface area contributed by atoms with Crippen LogP contribution in [0.25, 0.3) is 6.08 Å². The third kappa shape index (κ3) is 6.20. The average molecular weight is 431 g/mol. The molecule has 0 radical (unpaired) electrons. The number of carbonyl (C=O) groups is 1. The van der Waals surface area contributed by atoms with Crippen molar-refractivity contribution in [3.8, 4) is 0 Å². The van der Waals surface area contributed by atoms with Crippen LogP contribution in [0, 0.1) is 0 Å². The van der Waals surface area contributed by atoms with Gasteiger partial charge in [-0.1, -0.05) is 35.3 Å². The molecule has 3 rings (SSSR count). The van der Waals surface area contributed by atoms with E-state index < -0.39 is 0 Å². The number of hydrazine groups is 1. The van der Waals surface area contributed by atoms with Gasteiger partial charge in [0.25, 0.3) is 0 Å². The maximum absolute atomic E-state index is 11.7. The van der Waals surface area contributed by atoms with Crippen molar-refractivity contribution in [3.63, 3.8) is 0 Å². The summed E-state index contributed by atoms with van der Waals surface area (Å²) in [5, 5.41) is 11.4. The standard InChI is InChI=1S/C20H16Cl2N4OS/c21-15-4-3-14(19(22)13-15)12-16-5-8-20(26-24-16)25-23-10-9-17(27)6-7-18-2-1-11-28-18/h1-11,13,23H,12H2,(H,25,26). The van der Waals surface area contributed by atoms with Gasteiger partial charge in [-0.3, -0.25) is 10.2 Å². The van der Waals surface area contributed by atoms with Crippen LogP contribution < -0.4 is 10.9 Å². The van der Waals surface area contributed by atoms with Crippen LogP contribution in [0.5, 0.6) is 0 Å². The van der Waals surface area contributed by atoms with Gasteiger partial charge in [0.15, 0.2) is 11.6 Å². The third-order valence-corrected chi connectivity index (χ3v) is 5.02. The Kier molecular flexibility index (Phi) is 7.19. The van der Waals surface area contributed by atoms with E-state index in [9.17, 15) is 4.79 Å². The highest BCUT2D eigenvalue weighted by molar-refractivity contribution is 7.10. The number of allylic oxidation sites excluding steroid dienone is 2. The zero-order valence-electron chi connectivity index (χ0n) is 14.6. The number of hydrogen-bond donors (Lipinski definition) is 2. The lowest BCUT2D eigenvalue weighted by molar-refractivity contribution is -0.110. The second kappa shape index (κ2) is 10.0. The molecule has 0 saturated carbocycles. The normalized spacial score (nSPS) is 11.2. The van der Waals surface area contributed by atoms with Crippen LogP contribution in [-0.4, -0.2) is 16.0 Å². The van der Waals surface area contributed by atoms with Gasteiger partial charge >= 0.3 is 0 Å². The number of nitrogens with one attached hydrogen (secondary N) is 2. The minimum atomic E-state index is -0.121. The fourth-order valence-corrected chi connectivity index (χ4v) is 3.32. The molecule has 3 aromatic rings. The topological polar surface area (TPSA) is 66.9 Å². The van der Waals surface area contributed by atoms with Gasteiger partial charge in [-0.2, -0.15) is 5.10 Å². The molecule has 2 N–H and O–H groups in total. The average Bonchev–Trinajstić information content (AvgIpc) is 3.21. The molecule has 1 aromatic carbocycles. The first kappa shape index (κ1) is 20.1. The molecule has 0 aliphatic rings. The number of benzene rings is 1. The lowest BCUT2D eigenvalue weighted by atomic mass is 10.1. The summed E-state index contributed by atoms with van der Waals surface area (Å²) >= 11 is 13.7. The zero-order chi connectivity index (χ0) is 19.8. The molecule has 2 aromatic heterocycles. The van der Waals surface area contributed by atoms with Gasteiger partial charge in [0.05, 0.1) is 5.69 Å². The monoisotopic (exact) mass is 430 g/mol. The molecule has 0 aliphatic carbocycles. The molecular formula is C20H16Cl2N4OS. The summed E-state index contributed by atoms with van der Waals surface area (Å²) in [5.74, 6) is 0.404. The van der Waals surface area contributed by atoms with Gasteiger partial charge in [-0.15, -0.1) is 16.4 Å². The smallest absolute Gasteiger partial charge is 0.180 e. The summed E-state index contributed by atoms with van der Waals surface area (Å²) in [5.41, 5.74) is 7.34. The highest BCUT2D eigenvalue weighted by Gasteiger charge is 2.04. The Morgan fingerprint density at radius 3 is 2.71 bits per heavy atom. The Morgan fingerprint density at radius 1 is 1.11 bits per heavy atom. The highest BCUT2D eigenvalue weighted by atomic mass is 35.5. The van der Waals surface area contributed by atoms with E-state index in [1.165, 1.54) is 18.4 Å². The van der Waals surface area contributed by atoms with Crippen molar-refractivity contribution in [2.24, 2.45) is 0 Å². The first-order valence-corrected chi connectivity index (χ1v) is 9.94. The van der Waals surface area contributed by atoms with Crippen molar-refractivity contribution in [2.45, 2.75) is 6.42 Å². The lowest BCUT2D eigenvalue weighted by Crippen LogP contribution is -2.16. The number of nitrogens with zero attached hydrogens (tertiary/aromatic N) is 2. The maximum Gasteiger partial charge on any atom is 0.180 e. The minimum absolute atomic E-state index is 0.121. The van der Waals surface area contributed by atoms with Crippen molar-refractivity contribution < 1.29 is 4.79 Å². The first-order valence-electron chi connectivity index (χ1n) is 8.30. The number of carbonyl (C=O) groups excluding carboxylic acids is 1. The zero-order valence-corrected chi connectivity index (χ0v) is 16.9. The van der Waals surface area contributed by atoms with Crippen molar-refractivity contribution in [1.29, 1.82) is 0 Å². The van der Waals surface area contributed by atoms with Crippen LogP contribution in [0.2, 0.25) is 10.0 Å². The van der Waals surface area contributed by atoms with Gasteiger partial charge in [-0.25, -0.2) is 0 Å². The van der Waals surface area contributed by atoms with Gasteiger partial charge in [0.2, 0.25) is 0 Å². The largest absolute Gasteiger partial charge is 0.307 e. The summed E-state index contributed by atoms with van der Waals surface area (Å²) in [4.78, 5) is 12.8. The molecule has 0 unspecified atom stereocenters. The Hall–Kier alpha value is -2.67. The Morgan fingerprint density at radius 2 is 2.00 bits per heavy atom. The summed E-state index contributed by atoms with van der Waals surface area (Å²) in [6.45, 7) is 0. The first-order chi connectivity index (χ1) is 13.6. The number of anilines is 1. The van der Waals surface area contributed by atoms with Crippen molar-refractivity contribution >= 4 is 52.2 Å². The second-order valence-electron chi connectivity index (χ2n) is 5.68. The number of halogens is 2. The molecule has 0 bridgehead atoms. The predicted octanol–water partition coefficient (Wildman–Crippen LogP) is 5.15. The Bertz CT molecular complexity index is 986. The van der Waals surface area contributed by atoms with Crippen LogP contribution in [0.15, 0.2) is 66.2 Å². The van der Waals surface area contributed by atoms with E-state index in [1.54, 1.807) is 35.6 Å². The molecule has 8 heteroatoms. The lowest BCUT2D eigenvalue weighted by Gasteiger charge is -2.06. The minimum Gasteiger partial charge on any atom is -0.307 e. The van der Waals surface area contributed by atoms with E-state index in [0.29, 0.717) is 22.3 Å². The number of aromatic nitrogens is 2. The second-order valence-corrected chi connectivity index (χ2v) is 7.50. The summed E-state index contributed by atoms with van der Waals surface area (Å²) in [6.07, 6.45) is 6.77. The van der Waals surface area contributed by atoms with Crippen LogP contribution in [0.4, 0.5) is 5.82 Å². The van der Waals surface area contributed by atoms with Crippen molar-refractivity contribution in [2.75, 3.05) is 5.43 Å². The molecule has 0 saturated heterocycles. The van der Waals surface area contributed by atoms with E-state index in [4.69, 9.17) is 23.2 Å². The van der Waals surface area contributed by atoms with Crippen molar-refractivity contribution in [3.05, 3.63) is 92.4 Å². The highest BCUT2D eigenvalue weighted by Crippen LogP contribution is 2.22. The van der Waals surface area contributed by atoms with Gasteiger partial charge < -0.3 is 5.43 Å². The number of rotatable bonds is 8. The van der Waals surface area contributed by atoms with Crippen LogP contribution >= 0.6 is 34.5 Å². The molecule has 28 heavy (non-hydrogen) atoms. The van der Waals surface area contributed by atoms with E-state index in [0.717, 1.165) is 16.1 Å². The third-order valence-electron chi connectivity index (χ3n) is 3.59. The maximum atomic E-state index is 11.7. The summed E-state index contributed by atoms with van der Waals surface area (Å²) < 4.78 is 0. The van der Waals surface area contributed by atoms with E-state index in [1.807, 2.05) is 29.6 Å². The number of thiophene rings is 1. The predicted molar refractivity (Wildman–Crippen MR) is 116 cm³/mol. The van der Waals surface area contributed by atoms with Crippen LogP contribution in [0.3, 0.4) is 0 Å². The molecule has 0 amide bonds. The fraction of sp³-hybridized carbons (Fsp3) is 0.0500. The molecule has 142 valence electrons. The van der Waals surface area contributed by atoms with Crippen LogP contribution in [0.1, 0.15) is 16.1 Å². The summed E-state index contributed by atoms with van der Waals surface area (Å²) in [7, 11) is 0. The van der Waals surface area contributed by atoms with E-state index >= 15 is 0 Å². The Balaban J connectivity index is 1.47. The van der Waals surface area contributed by atoms with Gasteiger partial charge in [-0.05, 0) is 53.4 Å². The van der Waals surface area contributed by atoms with Crippen LogP contribution in [-0.2, 0) is 11.2 Å². The van der Waals surface area contributed by atoms with E-state index in [-0.39, 0.29) is 5.78 Å². The van der Waals surface area contributed by atoms with E-state index in [2.05, 4.69) is 21.0 Å². The summed E-state index contributed by atoms with van der Waals surface area (Å²) in [6, 6.07) is 12.9. The molecule has 0 spiro atoms. The quantitative estimate of drug-likeness (QED) is 0.382. The number of ketones is 1. The molecule has 0 fully saturated rings. The molecule has 0 atom stereocenters. The van der Waals surface area contributed by atoms with Gasteiger partial charge in [0.1, 0.15) is 0 Å². The SMILES string of the molecule is O=C(C=CNNc1ccc(Cc2ccc(Cl)cc2Cl)nn1)C=Cc1cccs1. The molecule has 5 nitrogen and oxygen atoms in total. The molecule has 0 aliphatic heterocycles. The number of hydrogen-bond acceptors (Lipinski definition) is 6. The Labute approximate surface area is 176 Å².